The average molecular weight is 1860 g/mol. The highest BCUT2D eigenvalue weighted by atomic mass is 32.2. The average Bonchev–Trinajstić information content (AvgIpc) is 1.62. The molecule has 1 unspecified atom stereocenters. The molecule has 2 saturated heterocycles. The van der Waals surface area contributed by atoms with E-state index in [2.05, 4.69) is 70.1 Å². The Bertz CT molecular complexity index is 5310. The van der Waals surface area contributed by atoms with Crippen molar-refractivity contribution in [3.05, 3.63) is 191 Å². The summed E-state index contributed by atoms with van der Waals surface area (Å²) < 4.78 is 116. The molecular formula is C91H115N13O25S2. The van der Waals surface area contributed by atoms with Gasteiger partial charge in [-0.25, -0.2) is 26.4 Å². The van der Waals surface area contributed by atoms with Crippen molar-refractivity contribution in [3.63, 3.8) is 0 Å². The van der Waals surface area contributed by atoms with E-state index in [1.807, 2.05) is 27.6 Å². The molecule has 8 heterocycles. The van der Waals surface area contributed by atoms with E-state index in [1.165, 1.54) is 81.6 Å². The van der Waals surface area contributed by atoms with E-state index in [-0.39, 0.29) is 174 Å². The summed E-state index contributed by atoms with van der Waals surface area (Å²) in [6, 6.07) is 14.7. The van der Waals surface area contributed by atoms with Crippen LogP contribution in [0.4, 0.5) is 32.3 Å². The minimum atomic E-state index is -4.83. The standard InChI is InChI=1S/C91H115N13O25S2/c1-13-130(116,117)99-81-75(105)40-57(5)83(107)97-70(22-16-18-33-93-80(106)54-125-37-35-121-10)85(109)95-65-28-24-61(25-29-65)50-128-90(114)103-48-67-38-55(3)46-101(67)88(112)68-42-76(122-11)78(44-73(68)103)126-52-63-20-19-21-64(41-63)53-127-79-45-74-69(43-77(79)123-12)89(113)102-47-56(4)39-72(102)60(8)104(74)91(115)129-51-62-26-30-66(31-27-62)96-86(110)71(23-15-17-32-92-58(6)49-124-36-34-120-9)98-84(108)59(7)94-87(111)82(81)100-131(118,119)14-2/h13-14,19-21,24-31,41-45,57,59-60,67,70-72,81-82,92,99-100H,1-4,6,15-18,22-23,32-40,46-54H2,5,7-12H3,(H,93,106)(H,94,111)(H,95,109)(H,96,110)(H,97,107)(H,98,108)/t57-,59+,60?,67+,70+,71+,72+,81-,82+/m1/s1. The number of methoxy groups -OCH3 is 4. The van der Waals surface area contributed by atoms with Gasteiger partial charge in [-0.3, -0.25) is 53.0 Å². The highest BCUT2D eigenvalue weighted by Gasteiger charge is 2.47. The lowest BCUT2D eigenvalue weighted by Gasteiger charge is -2.33. The molecule has 8 aliphatic rings. The Labute approximate surface area is 761 Å². The number of anilines is 4. The molecule has 40 heteroatoms. The fraction of sp³-hybridized carbons (Fsp3) is 0.440. The van der Waals surface area contributed by atoms with Crippen molar-refractivity contribution in [2.75, 3.05) is 121 Å². The third kappa shape index (κ3) is 27.8. The van der Waals surface area contributed by atoms with Gasteiger partial charge in [0.25, 0.3) is 11.8 Å². The van der Waals surface area contributed by atoms with Crippen LogP contribution in [0, 0.1) is 5.92 Å². The number of fused-ring (bicyclic) bond motifs is 2. The lowest BCUT2D eigenvalue weighted by atomic mass is 9.95. The Kier molecular flexibility index (Phi) is 36.3. The highest BCUT2D eigenvalue weighted by molar-refractivity contribution is 7.92. The zero-order valence-corrected chi connectivity index (χ0v) is 76.0. The van der Waals surface area contributed by atoms with Crippen LogP contribution < -0.4 is 75.4 Å². The number of nitrogens with zero attached hydrogens (tertiary/aromatic N) is 4. The third-order valence-electron chi connectivity index (χ3n) is 22.3. The van der Waals surface area contributed by atoms with Gasteiger partial charge in [0.1, 0.15) is 63.2 Å². The summed E-state index contributed by atoms with van der Waals surface area (Å²) in [5.41, 5.74) is 5.31. The van der Waals surface area contributed by atoms with Crippen LogP contribution in [0.15, 0.2) is 158 Å². The molecule has 9 N–H and O–H groups in total. The normalized spacial score (nSPS) is 21.3. The van der Waals surface area contributed by atoms with Gasteiger partial charge in [0.15, 0.2) is 28.8 Å². The van der Waals surface area contributed by atoms with Crippen molar-refractivity contribution in [1.29, 1.82) is 0 Å². The summed E-state index contributed by atoms with van der Waals surface area (Å²) in [6.07, 6.45) is -0.766. The fourth-order valence-corrected chi connectivity index (χ4v) is 16.7. The van der Waals surface area contributed by atoms with Gasteiger partial charge in [-0.1, -0.05) is 93.4 Å². The largest absolute Gasteiger partial charge is 0.493 e. The van der Waals surface area contributed by atoms with Gasteiger partial charge in [0, 0.05) is 92.8 Å². The van der Waals surface area contributed by atoms with Crippen molar-refractivity contribution in [1.82, 2.24) is 45.8 Å². The van der Waals surface area contributed by atoms with E-state index in [1.54, 1.807) is 59.2 Å². The van der Waals surface area contributed by atoms with Gasteiger partial charge in [-0.15, -0.1) is 0 Å². The molecule has 9 atom stereocenters. The zero-order chi connectivity index (χ0) is 94.8. The smallest absolute Gasteiger partial charge is 0.414 e. The first-order chi connectivity index (χ1) is 62.6. The molecule has 2 fully saturated rings. The SMILES string of the molecule is C=CS(=O)(=O)N[C@@H]1C(=O)C[C@@H](C)C(=O)N[C@@H](CCCCNC(=O)COCCOC)C(=O)Nc2ccc(cc2)COC(=O)N2C[C@@H]3CC(=C)CN3C(=O)c3cc(OC)c(cc32)OCc2cccc(c2)COc2cc3c(cc2OC)C(=O)N2CC(=C)C[C@H]2C(C)N3C(=O)OCc2ccc(cc2)NC(=O)[C@H](CCCCNC(=C)COCCOC)NC(=O)[C@H](C)NC(=O)[C@H]1NS(=O)(=O)C=C. The fourth-order valence-electron chi connectivity index (χ4n) is 15.3. The lowest BCUT2D eigenvalue weighted by molar-refractivity contribution is -0.134. The van der Waals surface area contributed by atoms with Crippen LogP contribution in [0.2, 0.25) is 0 Å². The van der Waals surface area contributed by atoms with Crippen molar-refractivity contribution >= 4 is 108 Å². The van der Waals surface area contributed by atoms with E-state index in [4.69, 9.17) is 47.4 Å². The number of nitrogens with one attached hydrogen (secondary N) is 9. The Balaban J connectivity index is 0.969. The number of hydrogen-bond donors (Lipinski definition) is 9. The highest BCUT2D eigenvalue weighted by Crippen LogP contribution is 2.44. The Hall–Kier alpha value is -12.6. The van der Waals surface area contributed by atoms with Crippen molar-refractivity contribution < 1.29 is 117 Å². The molecule has 8 aliphatic heterocycles. The number of carbonyl (C=O) groups excluding carboxylic acids is 11. The summed E-state index contributed by atoms with van der Waals surface area (Å²) >= 11 is 0. The molecule has 10 bridgehead atoms. The zero-order valence-electron chi connectivity index (χ0n) is 74.4. The lowest BCUT2D eigenvalue weighted by Crippen LogP contribution is -2.63. The van der Waals surface area contributed by atoms with Gasteiger partial charge in [0.05, 0.1) is 94.4 Å². The number of benzene rings is 5. The molecule has 131 heavy (non-hydrogen) atoms. The van der Waals surface area contributed by atoms with Crippen LogP contribution in [0.25, 0.3) is 0 Å². The molecule has 5 aromatic rings. The molecule has 706 valence electrons. The van der Waals surface area contributed by atoms with Crippen LogP contribution in [0.1, 0.15) is 122 Å². The molecule has 0 spiro atoms. The maximum Gasteiger partial charge on any atom is 0.414 e. The minimum absolute atomic E-state index is 0.00622. The molecule has 0 saturated carbocycles. The van der Waals surface area contributed by atoms with Crippen LogP contribution in [-0.4, -0.2) is 241 Å². The van der Waals surface area contributed by atoms with Gasteiger partial charge >= 0.3 is 12.2 Å². The van der Waals surface area contributed by atoms with Crippen molar-refractivity contribution in [2.24, 2.45) is 5.92 Å². The Morgan fingerprint density at radius 2 is 1.02 bits per heavy atom. The van der Waals surface area contributed by atoms with Crippen LogP contribution in [-0.2, 0) is 108 Å². The number of unbranched alkanes of at least 4 members (excludes halogenated alkanes) is 2. The third-order valence-corrected chi connectivity index (χ3v) is 24.4. The Morgan fingerprint density at radius 3 is 1.58 bits per heavy atom. The number of sulfonamides is 2. The number of rotatable bonds is 29. The second kappa shape index (κ2) is 47.3. The second-order valence-corrected chi connectivity index (χ2v) is 35.5. The van der Waals surface area contributed by atoms with E-state index in [9.17, 15) is 69.6 Å². The van der Waals surface area contributed by atoms with Crippen LogP contribution >= 0.6 is 0 Å². The first-order valence-electron chi connectivity index (χ1n) is 42.6. The monoisotopic (exact) mass is 1850 g/mol. The maximum absolute atomic E-state index is 14.9. The number of hydrogen-bond acceptors (Lipinski definition) is 26. The van der Waals surface area contributed by atoms with Crippen LogP contribution in [0.5, 0.6) is 23.0 Å². The molecule has 0 aromatic heterocycles. The van der Waals surface area contributed by atoms with Gasteiger partial charge < -0.3 is 94.4 Å². The quantitative estimate of drug-likeness (QED) is 0.0175. The minimum Gasteiger partial charge on any atom is -0.493 e. The van der Waals surface area contributed by atoms with Gasteiger partial charge in [-0.2, -0.15) is 9.44 Å². The molecule has 38 nitrogen and oxygen atoms in total. The maximum atomic E-state index is 14.9. The van der Waals surface area contributed by atoms with Gasteiger partial charge in [-0.05, 0) is 130 Å². The molecule has 5 aromatic carbocycles. The number of carbonyl (C=O) groups is 11. The topological polar surface area (TPSA) is 470 Å². The first kappa shape index (κ1) is 101. The number of Topliss-reactive ketones (excluding diaryl/α,β-unsaturated/α-hetero) is 1. The summed E-state index contributed by atoms with van der Waals surface area (Å²) in [5, 5.41) is 19.8. The summed E-state index contributed by atoms with van der Waals surface area (Å²) in [4.78, 5) is 165. The Morgan fingerprint density at radius 1 is 0.527 bits per heavy atom. The number of amides is 10. The van der Waals surface area contributed by atoms with E-state index >= 15 is 0 Å². The predicted octanol–water partition coefficient (Wildman–Crippen LogP) is 6.81. The van der Waals surface area contributed by atoms with E-state index in [0.717, 1.165) is 18.1 Å². The number of ether oxygens (including phenoxy) is 10. The molecule has 0 aliphatic carbocycles. The summed E-state index contributed by atoms with van der Waals surface area (Å²) in [5.74, 6) is -8.24. The summed E-state index contributed by atoms with van der Waals surface area (Å²) in [6.45, 7) is 24.3. The second-order valence-electron chi connectivity index (χ2n) is 32.1. The van der Waals surface area contributed by atoms with Crippen molar-refractivity contribution in [3.8, 4) is 23.0 Å². The van der Waals surface area contributed by atoms with Gasteiger partial charge in [0.2, 0.25) is 55.5 Å². The molecule has 10 amide bonds. The van der Waals surface area contributed by atoms with Crippen LogP contribution in [0.3, 0.4) is 0 Å². The first-order valence-corrected chi connectivity index (χ1v) is 45.7. The molecule has 0 radical (unpaired) electrons. The number of ketones is 1. The van der Waals surface area contributed by atoms with E-state index in [0.29, 0.717) is 77.8 Å². The molecule has 13 rings (SSSR count). The molecular weight excluding hydrogens is 1740 g/mol. The summed E-state index contributed by atoms with van der Waals surface area (Å²) in [7, 11) is -3.80. The van der Waals surface area contributed by atoms with Crippen molar-refractivity contribution in [2.45, 2.75) is 153 Å². The van der Waals surface area contributed by atoms with E-state index < -0.39 is 140 Å². The predicted molar refractivity (Wildman–Crippen MR) is 484 cm³/mol.